The summed E-state index contributed by atoms with van der Waals surface area (Å²) in [6, 6.07) is 19.1. The van der Waals surface area contributed by atoms with Gasteiger partial charge in [0.2, 0.25) is 8.32 Å². The lowest BCUT2D eigenvalue weighted by molar-refractivity contribution is -0.154. The molecule has 1 unspecified atom stereocenters. The molecule has 0 saturated heterocycles. The molecule has 5 atom stereocenters. The molecule has 0 saturated carbocycles. The summed E-state index contributed by atoms with van der Waals surface area (Å²) in [5, 5.41) is 12.0. The first kappa shape index (κ1) is 56.7. The van der Waals surface area contributed by atoms with Crippen molar-refractivity contribution in [2.45, 2.75) is 181 Å². The van der Waals surface area contributed by atoms with Crippen LogP contribution in [0, 0.1) is 0 Å². The molecule has 4 aromatic rings. The van der Waals surface area contributed by atoms with Gasteiger partial charge in [0, 0.05) is 56.4 Å². The van der Waals surface area contributed by atoms with Crippen LogP contribution in [-0.2, 0) is 30.3 Å². The minimum atomic E-state index is -2.53. The first-order chi connectivity index (χ1) is 33.5. The molecule has 0 bridgehead atoms. The molecule has 2 heterocycles. The van der Waals surface area contributed by atoms with Crippen molar-refractivity contribution in [3.63, 3.8) is 0 Å². The Bertz CT molecular complexity index is 2760. The van der Waals surface area contributed by atoms with Crippen LogP contribution in [0.25, 0.3) is 0 Å². The Labute approximate surface area is 434 Å². The zero-order valence-corrected chi connectivity index (χ0v) is 49.2. The standard InChI is InChI=1S/C56H76O14Si3/c1-32(57)62-42-26-23-37(29-46(42)64-34(3)59)51-53(65-35(4)60)48(49-44(63-33(2)58)21-20-22-45(49)66-51)38-25-28-41(68-71(14,15)54(5,6)7)39-31-40(61)50(67-52(38)39)36-24-27-43(69-72(16,17)55(8,9)10)47(30-36)70-73(18,19)56(11,12)13/h20-30,40,48,50-51,53,61H,31H2,1-19H3/t40-,48?,50-,51-,53+/m1/s1. The predicted octanol–water partition coefficient (Wildman–Crippen LogP) is 12.8. The average Bonchev–Trinajstić information content (AvgIpc) is 3.23. The van der Waals surface area contributed by atoms with Crippen LogP contribution in [0.5, 0.6) is 46.0 Å². The largest absolute Gasteiger partial charge is 0.543 e. The number of aliphatic hydroxyl groups is 1. The molecule has 73 heavy (non-hydrogen) atoms. The van der Waals surface area contributed by atoms with Crippen LogP contribution >= 0.6 is 0 Å². The molecule has 4 aromatic carbocycles. The lowest BCUT2D eigenvalue weighted by atomic mass is 9.77. The van der Waals surface area contributed by atoms with Crippen molar-refractivity contribution >= 4 is 48.8 Å². The Balaban J connectivity index is 1.64. The van der Waals surface area contributed by atoms with Gasteiger partial charge in [-0.15, -0.1) is 0 Å². The van der Waals surface area contributed by atoms with E-state index in [1.807, 2.05) is 30.3 Å². The van der Waals surface area contributed by atoms with Crippen molar-refractivity contribution in [2.75, 3.05) is 0 Å². The number of ether oxygens (including phenoxy) is 6. The second-order valence-electron chi connectivity index (χ2n) is 23.8. The lowest BCUT2D eigenvalue weighted by Gasteiger charge is -2.43. The van der Waals surface area contributed by atoms with Gasteiger partial charge in [0.05, 0.1) is 12.0 Å². The number of hydrogen-bond acceptors (Lipinski definition) is 14. The van der Waals surface area contributed by atoms with E-state index in [9.17, 15) is 24.3 Å². The third-order valence-electron chi connectivity index (χ3n) is 15.0. The highest BCUT2D eigenvalue weighted by atomic mass is 28.4. The number of esters is 4. The number of carbonyl (C=O) groups excluding carboxylic acids is 4. The van der Waals surface area contributed by atoms with Gasteiger partial charge in [-0.2, -0.15) is 0 Å². The Morgan fingerprint density at radius 3 is 1.53 bits per heavy atom. The van der Waals surface area contributed by atoms with Crippen molar-refractivity contribution in [3.05, 3.63) is 94.5 Å². The smallest absolute Gasteiger partial charge is 0.308 e. The van der Waals surface area contributed by atoms with Crippen molar-refractivity contribution in [3.8, 4) is 46.0 Å². The minimum Gasteiger partial charge on any atom is -0.543 e. The molecule has 14 nitrogen and oxygen atoms in total. The molecule has 0 aromatic heterocycles. The van der Waals surface area contributed by atoms with Gasteiger partial charge in [0.15, 0.2) is 23.7 Å². The Morgan fingerprint density at radius 1 is 0.534 bits per heavy atom. The van der Waals surface area contributed by atoms with Crippen molar-refractivity contribution in [1.82, 2.24) is 0 Å². The van der Waals surface area contributed by atoms with Crippen LogP contribution in [0.3, 0.4) is 0 Å². The van der Waals surface area contributed by atoms with Gasteiger partial charge in [0.25, 0.3) is 16.6 Å². The Kier molecular flexibility index (Phi) is 16.0. The topological polar surface area (TPSA) is 172 Å². The van der Waals surface area contributed by atoms with E-state index in [0.29, 0.717) is 56.6 Å². The van der Waals surface area contributed by atoms with E-state index in [0.717, 1.165) is 0 Å². The van der Waals surface area contributed by atoms with Crippen molar-refractivity contribution in [1.29, 1.82) is 0 Å². The highest BCUT2D eigenvalue weighted by Gasteiger charge is 2.49. The summed E-state index contributed by atoms with van der Waals surface area (Å²) in [5.41, 5.74) is 2.54. The second-order valence-corrected chi connectivity index (χ2v) is 38.0. The molecule has 0 fully saturated rings. The Hall–Kier alpha value is -5.63. The molecule has 0 aliphatic carbocycles. The highest BCUT2D eigenvalue weighted by Crippen LogP contribution is 2.56. The van der Waals surface area contributed by atoms with Crippen LogP contribution in [0.2, 0.25) is 54.4 Å². The van der Waals surface area contributed by atoms with Crippen molar-refractivity contribution < 1.29 is 66.0 Å². The quantitative estimate of drug-likeness (QED) is 0.0761. The fourth-order valence-electron chi connectivity index (χ4n) is 8.07. The normalized spacial score (nSPS) is 19.2. The molecule has 1 N–H and O–H groups in total. The SMILES string of the molecule is CC(=O)Oc1ccc([C@H]2Oc3cccc(OC(C)=O)c3C(c3ccc(O[Si](C)(C)C(C)(C)C)c4c3O[C@H](c3ccc(O[Si](C)(C)C(C)(C)C)c(O[Si](C)(C)C(C)(C)C)c3)[C@H](O)C4)[C@@H]2OC(C)=O)cc1OC(C)=O. The fraction of sp³-hybridized carbons (Fsp3) is 0.500. The third-order valence-corrected chi connectivity index (χ3v) is 28.0. The van der Waals surface area contributed by atoms with E-state index in [2.05, 4.69) is 102 Å². The van der Waals surface area contributed by atoms with Gasteiger partial charge in [-0.1, -0.05) is 86.6 Å². The molecule has 0 spiro atoms. The first-order valence-electron chi connectivity index (χ1n) is 24.9. The Morgan fingerprint density at radius 2 is 1.00 bits per heavy atom. The molecule has 0 radical (unpaired) electrons. The summed E-state index contributed by atoms with van der Waals surface area (Å²) >= 11 is 0. The first-order valence-corrected chi connectivity index (χ1v) is 33.6. The van der Waals surface area contributed by atoms with Gasteiger partial charge in [-0.05, 0) is 102 Å². The van der Waals surface area contributed by atoms with Gasteiger partial charge in [-0.25, -0.2) is 0 Å². The lowest BCUT2D eigenvalue weighted by Crippen LogP contribution is -2.45. The molecular weight excluding hydrogens is 981 g/mol. The second kappa shape index (κ2) is 20.6. The number of hydrogen-bond donors (Lipinski definition) is 1. The monoisotopic (exact) mass is 1060 g/mol. The van der Waals surface area contributed by atoms with E-state index in [4.69, 9.17) is 41.7 Å². The fourth-order valence-corrected chi connectivity index (χ4v) is 11.2. The molecule has 17 heteroatoms. The predicted molar refractivity (Wildman–Crippen MR) is 287 cm³/mol. The maximum Gasteiger partial charge on any atom is 0.308 e. The minimum absolute atomic E-state index is 0.0118. The van der Waals surface area contributed by atoms with E-state index >= 15 is 0 Å². The number of carbonyl (C=O) groups is 4. The van der Waals surface area contributed by atoms with E-state index in [1.165, 1.54) is 39.8 Å². The van der Waals surface area contributed by atoms with E-state index in [1.54, 1.807) is 24.3 Å². The molecule has 2 aliphatic heterocycles. The molecule has 396 valence electrons. The van der Waals surface area contributed by atoms with Crippen LogP contribution in [-0.4, -0.2) is 66.1 Å². The molecule has 0 amide bonds. The summed E-state index contributed by atoms with van der Waals surface area (Å²) < 4.78 is 58.4. The maximum absolute atomic E-state index is 13.5. The number of aliphatic hydroxyl groups excluding tert-OH is 1. The summed E-state index contributed by atoms with van der Waals surface area (Å²) in [6.45, 7) is 37.6. The van der Waals surface area contributed by atoms with Crippen LogP contribution in [0.15, 0.2) is 66.7 Å². The zero-order chi connectivity index (χ0) is 54.6. The van der Waals surface area contributed by atoms with Crippen LogP contribution in [0.4, 0.5) is 0 Å². The van der Waals surface area contributed by atoms with E-state index < -0.39 is 79.2 Å². The third kappa shape index (κ3) is 12.3. The summed E-state index contributed by atoms with van der Waals surface area (Å²) in [7, 11) is -7.37. The zero-order valence-electron chi connectivity index (χ0n) is 46.2. The van der Waals surface area contributed by atoms with Crippen LogP contribution in [0.1, 0.15) is 136 Å². The number of rotatable bonds is 13. The number of benzene rings is 4. The maximum atomic E-state index is 13.5. The van der Waals surface area contributed by atoms with Gasteiger partial charge in [0.1, 0.15) is 40.6 Å². The summed E-state index contributed by atoms with van der Waals surface area (Å²) in [5.74, 6) is -1.05. The average molecular weight is 1060 g/mol. The van der Waals surface area contributed by atoms with Gasteiger partial charge >= 0.3 is 23.9 Å². The molecule has 6 rings (SSSR count). The van der Waals surface area contributed by atoms with Gasteiger partial charge < -0.3 is 46.8 Å². The van der Waals surface area contributed by atoms with Gasteiger partial charge in [-0.3, -0.25) is 19.2 Å². The summed E-state index contributed by atoms with van der Waals surface area (Å²) in [4.78, 5) is 50.9. The van der Waals surface area contributed by atoms with E-state index in [-0.39, 0.29) is 38.8 Å². The summed E-state index contributed by atoms with van der Waals surface area (Å²) in [6.07, 6.45) is -4.26. The highest BCUT2D eigenvalue weighted by molar-refractivity contribution is 6.76. The molecule has 2 aliphatic rings. The molecular formula is C56H76O14Si3. The van der Waals surface area contributed by atoms with Crippen LogP contribution < -0.4 is 37.0 Å². The van der Waals surface area contributed by atoms with Crippen molar-refractivity contribution in [2.24, 2.45) is 0 Å². The number of fused-ring (bicyclic) bond motifs is 2.